The van der Waals surface area contributed by atoms with Gasteiger partial charge in [0.1, 0.15) is 23.1 Å². The molecule has 0 aromatic heterocycles. The van der Waals surface area contributed by atoms with Crippen LogP contribution in [0.2, 0.25) is 0 Å². The molecular formula is C44H44F2O3. The maximum absolute atomic E-state index is 13.7. The van der Waals surface area contributed by atoms with E-state index in [1.165, 1.54) is 46.5 Å². The van der Waals surface area contributed by atoms with Gasteiger partial charge in [0.25, 0.3) is 0 Å². The third-order valence-corrected chi connectivity index (χ3v) is 11.6. The van der Waals surface area contributed by atoms with Gasteiger partial charge in [-0.25, -0.2) is 8.78 Å². The molecule has 0 bridgehead atoms. The normalized spacial score (nSPS) is 28.4. The first kappa shape index (κ1) is 32.0. The van der Waals surface area contributed by atoms with E-state index >= 15 is 0 Å². The average Bonchev–Trinajstić information content (AvgIpc) is 3.11. The Kier molecular flexibility index (Phi) is 8.43. The Hall–Kier alpha value is -4.22. The van der Waals surface area contributed by atoms with Crippen molar-refractivity contribution in [3.05, 3.63) is 155 Å². The number of hydrogen-bond donors (Lipinski definition) is 0. The molecule has 252 valence electrons. The zero-order valence-corrected chi connectivity index (χ0v) is 28.0. The third-order valence-electron chi connectivity index (χ3n) is 11.6. The highest BCUT2D eigenvalue weighted by molar-refractivity contribution is 5.59. The van der Waals surface area contributed by atoms with Crippen molar-refractivity contribution in [2.24, 2.45) is 0 Å². The number of halogens is 2. The summed E-state index contributed by atoms with van der Waals surface area (Å²) in [7, 11) is 0. The van der Waals surface area contributed by atoms with E-state index in [9.17, 15) is 8.78 Å². The van der Waals surface area contributed by atoms with E-state index in [0.29, 0.717) is 36.9 Å². The van der Waals surface area contributed by atoms with Crippen LogP contribution in [0.3, 0.4) is 0 Å². The van der Waals surface area contributed by atoms with E-state index in [-0.39, 0.29) is 11.6 Å². The fourth-order valence-corrected chi connectivity index (χ4v) is 9.09. The van der Waals surface area contributed by atoms with Gasteiger partial charge in [-0.3, -0.25) is 0 Å². The SMILES string of the molecule is C=CCC1(c2ccc(F)cc2)Oc2c(C3CCC(OC4CCC(c5cccc6c5OC6(CC=C)c5ccc(F)cc5)CC4)CC3)cccc21. The molecule has 0 amide bonds. The molecular weight excluding hydrogens is 614 g/mol. The van der Waals surface area contributed by atoms with Crippen LogP contribution in [0.1, 0.15) is 109 Å². The van der Waals surface area contributed by atoms with Crippen molar-refractivity contribution in [1.82, 2.24) is 0 Å². The highest BCUT2D eigenvalue weighted by Crippen LogP contribution is 2.56. The highest BCUT2D eigenvalue weighted by atomic mass is 19.1. The molecule has 2 aliphatic heterocycles. The van der Waals surface area contributed by atoms with Gasteiger partial charge < -0.3 is 14.2 Å². The van der Waals surface area contributed by atoms with Crippen LogP contribution in [0.4, 0.5) is 8.78 Å². The molecule has 2 heterocycles. The van der Waals surface area contributed by atoms with Gasteiger partial charge in [-0.1, -0.05) is 72.8 Å². The largest absolute Gasteiger partial charge is 0.477 e. The van der Waals surface area contributed by atoms with Gasteiger partial charge in [0.15, 0.2) is 11.2 Å². The first-order valence-corrected chi connectivity index (χ1v) is 18.0. The van der Waals surface area contributed by atoms with Crippen molar-refractivity contribution >= 4 is 0 Å². The van der Waals surface area contributed by atoms with Crippen LogP contribution in [0.5, 0.6) is 11.5 Å². The molecule has 8 rings (SSSR count). The summed E-state index contributed by atoms with van der Waals surface area (Å²) in [6.07, 6.45) is 14.2. The van der Waals surface area contributed by atoms with Crippen LogP contribution in [0.25, 0.3) is 0 Å². The molecule has 0 N–H and O–H groups in total. The molecule has 2 fully saturated rings. The Morgan fingerprint density at radius 1 is 0.571 bits per heavy atom. The zero-order chi connectivity index (χ0) is 33.6. The predicted molar refractivity (Wildman–Crippen MR) is 189 cm³/mol. The summed E-state index contributed by atoms with van der Waals surface area (Å²) in [5, 5.41) is 0. The second-order valence-corrected chi connectivity index (χ2v) is 14.4. The molecule has 0 radical (unpaired) electrons. The van der Waals surface area contributed by atoms with Gasteiger partial charge in [0.2, 0.25) is 0 Å². The fourth-order valence-electron chi connectivity index (χ4n) is 9.09. The lowest BCUT2D eigenvalue weighted by atomic mass is 9.74. The molecule has 4 aliphatic rings. The molecule has 49 heavy (non-hydrogen) atoms. The molecule has 0 spiro atoms. The summed E-state index contributed by atoms with van der Waals surface area (Å²) in [6, 6.07) is 26.4. The lowest BCUT2D eigenvalue weighted by molar-refractivity contribution is -0.0499. The zero-order valence-electron chi connectivity index (χ0n) is 28.0. The first-order valence-electron chi connectivity index (χ1n) is 18.0. The quantitative estimate of drug-likeness (QED) is 0.159. The lowest BCUT2D eigenvalue weighted by Crippen LogP contribution is -2.43. The Balaban J connectivity index is 0.878. The van der Waals surface area contributed by atoms with Gasteiger partial charge in [-0.2, -0.15) is 0 Å². The second-order valence-electron chi connectivity index (χ2n) is 14.4. The standard InChI is InChI=1S/C44H44F2O3/c1-3-27-43(31-15-19-33(45)20-16-31)39-9-5-7-37(41(39)48-43)29-11-23-35(24-12-29)47-36-25-13-30(14-26-36)38-8-6-10-40-42(38)49-44(40,28-4-2)32-17-21-34(46)22-18-32/h3-10,15-22,29-30,35-36H,1-2,11-14,23-28H2. The predicted octanol–water partition coefficient (Wildman–Crippen LogP) is 11.2. The number of hydrogen-bond acceptors (Lipinski definition) is 3. The smallest absolute Gasteiger partial charge is 0.166 e. The molecule has 4 aromatic carbocycles. The number of rotatable bonds is 10. The van der Waals surface area contributed by atoms with Gasteiger partial charge >= 0.3 is 0 Å². The number of ether oxygens (including phenoxy) is 3. The van der Waals surface area contributed by atoms with Crippen LogP contribution in [-0.4, -0.2) is 12.2 Å². The van der Waals surface area contributed by atoms with Gasteiger partial charge in [0, 0.05) is 35.1 Å². The minimum atomic E-state index is -0.593. The Morgan fingerprint density at radius 3 is 1.33 bits per heavy atom. The van der Waals surface area contributed by atoms with Crippen molar-refractivity contribution in [3.63, 3.8) is 0 Å². The molecule has 2 aliphatic carbocycles. The van der Waals surface area contributed by atoms with Gasteiger partial charge in [-0.15, -0.1) is 13.2 Å². The lowest BCUT2D eigenvalue weighted by Gasteiger charge is -2.46. The van der Waals surface area contributed by atoms with E-state index in [1.54, 1.807) is 0 Å². The summed E-state index contributed by atoms with van der Waals surface area (Å²) in [4.78, 5) is 0. The van der Waals surface area contributed by atoms with E-state index in [4.69, 9.17) is 14.2 Å². The number of benzene rings is 4. The highest BCUT2D eigenvalue weighted by Gasteiger charge is 2.49. The van der Waals surface area contributed by atoms with Crippen LogP contribution >= 0.6 is 0 Å². The minimum absolute atomic E-state index is 0.244. The summed E-state index contributed by atoms with van der Waals surface area (Å²) in [6.45, 7) is 7.96. The minimum Gasteiger partial charge on any atom is -0.477 e. The molecule has 0 saturated heterocycles. The fraction of sp³-hybridized carbons (Fsp3) is 0.364. The van der Waals surface area contributed by atoms with E-state index in [0.717, 1.165) is 74.0 Å². The molecule has 3 nitrogen and oxygen atoms in total. The summed E-state index contributed by atoms with van der Waals surface area (Å²) in [5.41, 5.74) is 5.66. The molecule has 2 atom stereocenters. The van der Waals surface area contributed by atoms with Crippen molar-refractivity contribution < 1.29 is 23.0 Å². The molecule has 2 saturated carbocycles. The van der Waals surface area contributed by atoms with Crippen LogP contribution in [0, 0.1) is 11.6 Å². The maximum atomic E-state index is 13.7. The van der Waals surface area contributed by atoms with Gasteiger partial charge in [-0.05, 0) is 98.6 Å². The van der Waals surface area contributed by atoms with Crippen molar-refractivity contribution in [2.45, 2.75) is 99.5 Å². The average molecular weight is 659 g/mol. The van der Waals surface area contributed by atoms with Crippen molar-refractivity contribution in [1.29, 1.82) is 0 Å². The maximum Gasteiger partial charge on any atom is 0.166 e. The van der Waals surface area contributed by atoms with Crippen molar-refractivity contribution in [3.8, 4) is 11.5 Å². The molecule has 5 heteroatoms. The number of fused-ring (bicyclic) bond motifs is 2. The molecule has 4 aromatic rings. The van der Waals surface area contributed by atoms with Crippen LogP contribution in [-0.2, 0) is 15.9 Å². The number of para-hydroxylation sites is 2. The summed E-state index contributed by atoms with van der Waals surface area (Å²) in [5.74, 6) is 2.39. The Labute approximate surface area is 288 Å². The van der Waals surface area contributed by atoms with Crippen LogP contribution in [0.15, 0.2) is 110 Å². The first-order chi connectivity index (χ1) is 23.9. The summed E-state index contributed by atoms with van der Waals surface area (Å²) < 4.78 is 47.4. The topological polar surface area (TPSA) is 27.7 Å². The van der Waals surface area contributed by atoms with E-state index < -0.39 is 11.2 Å². The Bertz CT molecular complexity index is 1700. The van der Waals surface area contributed by atoms with E-state index in [1.807, 2.05) is 36.4 Å². The molecule has 2 unspecified atom stereocenters. The third kappa shape index (κ3) is 5.51. The van der Waals surface area contributed by atoms with Crippen molar-refractivity contribution in [2.75, 3.05) is 0 Å². The monoisotopic (exact) mass is 658 g/mol. The second kappa shape index (κ2) is 12.9. The summed E-state index contributed by atoms with van der Waals surface area (Å²) >= 11 is 0. The Morgan fingerprint density at radius 2 is 0.959 bits per heavy atom. The van der Waals surface area contributed by atoms with Gasteiger partial charge in [0.05, 0.1) is 12.2 Å². The van der Waals surface area contributed by atoms with Crippen LogP contribution < -0.4 is 9.47 Å². The van der Waals surface area contributed by atoms with E-state index in [2.05, 4.69) is 49.6 Å².